The summed E-state index contributed by atoms with van der Waals surface area (Å²) in [5.74, 6) is -0.286. The van der Waals surface area contributed by atoms with Gasteiger partial charge in [0.2, 0.25) is 0 Å². The lowest BCUT2D eigenvalue weighted by Crippen LogP contribution is -2.31. The van der Waals surface area contributed by atoms with E-state index in [4.69, 9.17) is 10.5 Å². The van der Waals surface area contributed by atoms with Crippen LogP contribution in [0.4, 0.5) is 11.4 Å². The van der Waals surface area contributed by atoms with Crippen LogP contribution in [0, 0.1) is 0 Å². The van der Waals surface area contributed by atoms with Gasteiger partial charge in [-0.2, -0.15) is 0 Å². The number of nitrogen functional groups attached to an aromatic ring is 1. The number of carbonyl (C=O) groups is 1. The maximum absolute atomic E-state index is 12.1. The van der Waals surface area contributed by atoms with Gasteiger partial charge in [-0.15, -0.1) is 0 Å². The van der Waals surface area contributed by atoms with Crippen LogP contribution in [0.25, 0.3) is 0 Å². The number of ether oxygens (including phenoxy) is 1. The van der Waals surface area contributed by atoms with Crippen LogP contribution in [0.3, 0.4) is 0 Å². The zero-order valence-corrected chi connectivity index (χ0v) is 11.7. The van der Waals surface area contributed by atoms with Gasteiger partial charge in [-0.05, 0) is 38.3 Å². The number of hydrogen-bond acceptors (Lipinski definition) is 4. The molecule has 1 unspecified atom stereocenters. The average molecular weight is 262 g/mol. The standard InChI is InChI=1S/C15H22N2O2/c1-3-11-7-6-10-17(11)14-12(15(18)19-4-2)8-5-9-13(14)16/h5,8-9,11H,3-4,6-7,10,16H2,1-2H3. The van der Waals surface area contributed by atoms with Crippen molar-refractivity contribution in [3.05, 3.63) is 23.8 Å². The van der Waals surface area contributed by atoms with Gasteiger partial charge in [0.15, 0.2) is 0 Å². The van der Waals surface area contributed by atoms with E-state index < -0.39 is 0 Å². The number of esters is 1. The lowest BCUT2D eigenvalue weighted by atomic mass is 10.1. The molecule has 4 heteroatoms. The number of nitrogens with zero attached hydrogens (tertiary/aromatic N) is 1. The highest BCUT2D eigenvalue weighted by Gasteiger charge is 2.28. The van der Waals surface area contributed by atoms with Gasteiger partial charge in [0.05, 0.1) is 23.5 Å². The summed E-state index contributed by atoms with van der Waals surface area (Å²) in [5.41, 5.74) is 8.20. The fourth-order valence-electron chi connectivity index (χ4n) is 2.81. The van der Waals surface area contributed by atoms with Crippen molar-refractivity contribution in [1.29, 1.82) is 0 Å². The highest BCUT2D eigenvalue weighted by Crippen LogP contribution is 2.35. The molecule has 0 radical (unpaired) electrons. The quantitative estimate of drug-likeness (QED) is 0.669. The van der Waals surface area contributed by atoms with E-state index in [-0.39, 0.29) is 5.97 Å². The molecule has 0 aliphatic carbocycles. The molecule has 0 amide bonds. The lowest BCUT2D eigenvalue weighted by Gasteiger charge is -2.28. The zero-order valence-electron chi connectivity index (χ0n) is 11.7. The summed E-state index contributed by atoms with van der Waals surface area (Å²) in [6.07, 6.45) is 3.37. The second-order valence-corrected chi connectivity index (χ2v) is 4.86. The van der Waals surface area contributed by atoms with Crippen LogP contribution in [0.1, 0.15) is 43.5 Å². The van der Waals surface area contributed by atoms with E-state index in [2.05, 4.69) is 11.8 Å². The van der Waals surface area contributed by atoms with Crippen LogP contribution in [0.2, 0.25) is 0 Å². The molecular weight excluding hydrogens is 240 g/mol. The Labute approximate surface area is 114 Å². The first-order valence-electron chi connectivity index (χ1n) is 7.01. The van der Waals surface area contributed by atoms with Crippen LogP contribution in [0.5, 0.6) is 0 Å². The number of carbonyl (C=O) groups excluding carboxylic acids is 1. The molecule has 1 aromatic carbocycles. The van der Waals surface area contributed by atoms with Gasteiger partial charge in [0.1, 0.15) is 0 Å². The molecule has 19 heavy (non-hydrogen) atoms. The predicted molar refractivity (Wildman–Crippen MR) is 77.5 cm³/mol. The van der Waals surface area contributed by atoms with Crippen LogP contribution in [-0.4, -0.2) is 25.2 Å². The van der Waals surface area contributed by atoms with Gasteiger partial charge in [-0.3, -0.25) is 0 Å². The second-order valence-electron chi connectivity index (χ2n) is 4.86. The summed E-state index contributed by atoms with van der Waals surface area (Å²) >= 11 is 0. The highest BCUT2D eigenvalue weighted by molar-refractivity contribution is 5.99. The van der Waals surface area contributed by atoms with Crippen molar-refractivity contribution in [2.24, 2.45) is 0 Å². The minimum Gasteiger partial charge on any atom is -0.462 e. The maximum atomic E-state index is 12.1. The monoisotopic (exact) mass is 262 g/mol. The van der Waals surface area contributed by atoms with Crippen molar-refractivity contribution in [1.82, 2.24) is 0 Å². The second kappa shape index (κ2) is 5.95. The Kier molecular flexibility index (Phi) is 4.30. The van der Waals surface area contributed by atoms with Crippen molar-refractivity contribution in [3.8, 4) is 0 Å². The Balaban J connectivity index is 2.40. The Morgan fingerprint density at radius 1 is 1.47 bits per heavy atom. The molecule has 1 heterocycles. The molecular formula is C15H22N2O2. The Morgan fingerprint density at radius 3 is 2.95 bits per heavy atom. The molecule has 1 saturated heterocycles. The van der Waals surface area contributed by atoms with Gasteiger partial charge in [-0.25, -0.2) is 4.79 Å². The predicted octanol–water partition coefficient (Wildman–Crippen LogP) is 2.82. The number of rotatable bonds is 4. The number of nitrogens with two attached hydrogens (primary N) is 1. The average Bonchev–Trinajstić information content (AvgIpc) is 2.86. The third-order valence-electron chi connectivity index (χ3n) is 3.70. The fraction of sp³-hybridized carbons (Fsp3) is 0.533. The molecule has 1 atom stereocenters. The molecule has 1 aromatic rings. The van der Waals surface area contributed by atoms with E-state index in [0.717, 1.165) is 31.5 Å². The number of benzene rings is 1. The zero-order chi connectivity index (χ0) is 13.8. The van der Waals surface area contributed by atoms with E-state index >= 15 is 0 Å². The molecule has 1 fully saturated rings. The van der Waals surface area contributed by atoms with Gasteiger partial charge in [0.25, 0.3) is 0 Å². The maximum Gasteiger partial charge on any atom is 0.340 e. The van der Waals surface area contributed by atoms with E-state index in [0.29, 0.717) is 23.9 Å². The summed E-state index contributed by atoms with van der Waals surface area (Å²) in [5, 5.41) is 0. The molecule has 0 aromatic heterocycles. The highest BCUT2D eigenvalue weighted by atomic mass is 16.5. The Hall–Kier alpha value is -1.71. The molecule has 0 spiro atoms. The van der Waals surface area contributed by atoms with E-state index in [1.807, 2.05) is 19.1 Å². The number of hydrogen-bond donors (Lipinski definition) is 1. The van der Waals surface area contributed by atoms with Crippen molar-refractivity contribution in [3.63, 3.8) is 0 Å². The summed E-state index contributed by atoms with van der Waals surface area (Å²) in [7, 11) is 0. The first-order chi connectivity index (χ1) is 9.19. The molecule has 1 aliphatic heterocycles. The van der Waals surface area contributed by atoms with Gasteiger partial charge >= 0.3 is 5.97 Å². The fourth-order valence-corrected chi connectivity index (χ4v) is 2.81. The van der Waals surface area contributed by atoms with Crippen molar-refractivity contribution in [2.45, 2.75) is 39.2 Å². The van der Waals surface area contributed by atoms with Crippen LogP contribution < -0.4 is 10.6 Å². The van der Waals surface area contributed by atoms with Gasteiger partial charge in [0, 0.05) is 12.6 Å². The smallest absolute Gasteiger partial charge is 0.340 e. The summed E-state index contributed by atoms with van der Waals surface area (Å²) in [6.45, 7) is 5.32. The van der Waals surface area contributed by atoms with Crippen LogP contribution in [0.15, 0.2) is 18.2 Å². The number of para-hydroxylation sites is 1. The molecule has 4 nitrogen and oxygen atoms in total. The van der Waals surface area contributed by atoms with Crippen molar-refractivity contribution >= 4 is 17.3 Å². The normalized spacial score (nSPS) is 18.6. The Morgan fingerprint density at radius 2 is 2.26 bits per heavy atom. The summed E-state index contributed by atoms with van der Waals surface area (Å²) in [6, 6.07) is 5.93. The van der Waals surface area contributed by atoms with Crippen LogP contribution in [-0.2, 0) is 4.74 Å². The van der Waals surface area contributed by atoms with Crippen LogP contribution >= 0.6 is 0 Å². The van der Waals surface area contributed by atoms with Gasteiger partial charge in [-0.1, -0.05) is 13.0 Å². The molecule has 0 saturated carbocycles. The lowest BCUT2D eigenvalue weighted by molar-refractivity contribution is 0.0527. The molecule has 0 bridgehead atoms. The van der Waals surface area contributed by atoms with Crippen molar-refractivity contribution in [2.75, 3.05) is 23.8 Å². The van der Waals surface area contributed by atoms with E-state index in [9.17, 15) is 4.79 Å². The largest absolute Gasteiger partial charge is 0.462 e. The first kappa shape index (κ1) is 13.7. The topological polar surface area (TPSA) is 55.6 Å². The Bertz CT molecular complexity index is 459. The SMILES string of the molecule is CCOC(=O)c1cccc(N)c1N1CCCC1CC. The van der Waals surface area contributed by atoms with E-state index in [1.165, 1.54) is 0 Å². The molecule has 2 rings (SSSR count). The molecule has 1 aliphatic rings. The minimum absolute atomic E-state index is 0.286. The first-order valence-corrected chi connectivity index (χ1v) is 7.01. The summed E-state index contributed by atoms with van der Waals surface area (Å²) < 4.78 is 5.13. The number of anilines is 2. The minimum atomic E-state index is -0.286. The summed E-state index contributed by atoms with van der Waals surface area (Å²) in [4.78, 5) is 14.3. The van der Waals surface area contributed by atoms with Gasteiger partial charge < -0.3 is 15.4 Å². The molecule has 104 valence electrons. The van der Waals surface area contributed by atoms with E-state index in [1.54, 1.807) is 6.07 Å². The molecule has 2 N–H and O–H groups in total. The van der Waals surface area contributed by atoms with Crippen molar-refractivity contribution < 1.29 is 9.53 Å². The third kappa shape index (κ3) is 2.67. The third-order valence-corrected chi connectivity index (χ3v) is 3.70.